The van der Waals surface area contributed by atoms with Gasteiger partial charge in [-0.1, -0.05) is 133 Å². The van der Waals surface area contributed by atoms with Crippen LogP contribution in [-0.4, -0.2) is 39.6 Å². The zero-order chi connectivity index (χ0) is 30.0. The van der Waals surface area contributed by atoms with Gasteiger partial charge in [0.15, 0.2) is 0 Å². The highest BCUT2D eigenvalue weighted by Gasteiger charge is 2.09. The van der Waals surface area contributed by atoms with Gasteiger partial charge < -0.3 is 14.2 Å². The van der Waals surface area contributed by atoms with Crippen molar-refractivity contribution < 1.29 is 14.2 Å². The Balaban J connectivity index is 1.44. The molecule has 0 aliphatic heterocycles. The molecule has 0 amide bonds. The molecule has 3 heteroatoms. The third kappa shape index (κ3) is 10.5. The number of hydrogen-bond donors (Lipinski definition) is 0. The molecule has 0 saturated heterocycles. The summed E-state index contributed by atoms with van der Waals surface area (Å²) in [4.78, 5) is 0. The third-order valence-electron chi connectivity index (χ3n) is 7.07. The Morgan fingerprint density at radius 1 is 0.465 bits per heavy atom. The monoisotopic (exact) mass is 570 g/mol. The van der Waals surface area contributed by atoms with E-state index in [1.165, 1.54) is 44.5 Å². The van der Waals surface area contributed by atoms with Gasteiger partial charge in [0.25, 0.3) is 0 Å². The van der Waals surface area contributed by atoms with E-state index in [0.29, 0.717) is 39.6 Å². The van der Waals surface area contributed by atoms with E-state index < -0.39 is 0 Å². The predicted molar refractivity (Wildman–Crippen MR) is 180 cm³/mol. The van der Waals surface area contributed by atoms with Crippen LogP contribution in [0, 0.1) is 0 Å². The SMILES string of the molecule is C=CCOCC(=CCOCC=C(COCC=C)Cc1ccccc1-c1ccccc1)Cc1ccccc1-c1ccccc1. The van der Waals surface area contributed by atoms with Gasteiger partial charge in [0.2, 0.25) is 0 Å². The summed E-state index contributed by atoms with van der Waals surface area (Å²) in [5.41, 5.74) is 9.79. The quantitative estimate of drug-likeness (QED) is 0.0882. The molecular weight excluding hydrogens is 528 g/mol. The minimum Gasteiger partial charge on any atom is -0.373 e. The van der Waals surface area contributed by atoms with Gasteiger partial charge >= 0.3 is 0 Å². The lowest BCUT2D eigenvalue weighted by Gasteiger charge is -2.14. The second kappa shape index (κ2) is 18.3. The molecular formula is C40H42O3. The van der Waals surface area contributed by atoms with E-state index in [9.17, 15) is 0 Å². The Bertz CT molecular complexity index is 1360. The van der Waals surface area contributed by atoms with Crippen LogP contribution < -0.4 is 0 Å². The first-order valence-electron chi connectivity index (χ1n) is 14.9. The fourth-order valence-corrected chi connectivity index (χ4v) is 4.97. The number of benzene rings is 4. The number of hydrogen-bond acceptors (Lipinski definition) is 3. The van der Waals surface area contributed by atoms with E-state index in [0.717, 1.165) is 12.8 Å². The summed E-state index contributed by atoms with van der Waals surface area (Å²) in [5, 5.41) is 0. The van der Waals surface area contributed by atoms with Crippen molar-refractivity contribution in [3.05, 3.63) is 169 Å². The van der Waals surface area contributed by atoms with Crippen LogP contribution in [0.2, 0.25) is 0 Å². The van der Waals surface area contributed by atoms with Crippen LogP contribution in [0.1, 0.15) is 11.1 Å². The molecule has 0 atom stereocenters. The molecule has 4 aromatic rings. The minimum absolute atomic E-state index is 0.498. The molecule has 4 aromatic carbocycles. The Kier molecular flexibility index (Phi) is 13.5. The van der Waals surface area contributed by atoms with Gasteiger partial charge in [0.05, 0.1) is 39.6 Å². The first-order valence-corrected chi connectivity index (χ1v) is 14.9. The zero-order valence-electron chi connectivity index (χ0n) is 25.0. The Morgan fingerprint density at radius 2 is 0.860 bits per heavy atom. The van der Waals surface area contributed by atoms with Crippen LogP contribution in [0.25, 0.3) is 22.3 Å². The highest BCUT2D eigenvalue weighted by atomic mass is 16.5. The van der Waals surface area contributed by atoms with Crippen molar-refractivity contribution in [1.82, 2.24) is 0 Å². The van der Waals surface area contributed by atoms with E-state index in [1.807, 2.05) is 12.1 Å². The van der Waals surface area contributed by atoms with Crippen molar-refractivity contribution in [3.63, 3.8) is 0 Å². The maximum atomic E-state index is 6.11. The summed E-state index contributed by atoms with van der Waals surface area (Å²) in [6.07, 6.45) is 9.44. The van der Waals surface area contributed by atoms with Crippen molar-refractivity contribution in [1.29, 1.82) is 0 Å². The number of rotatable bonds is 18. The second-order valence-electron chi connectivity index (χ2n) is 10.3. The summed E-state index contributed by atoms with van der Waals surface area (Å²) >= 11 is 0. The maximum absolute atomic E-state index is 6.11. The van der Waals surface area contributed by atoms with Gasteiger partial charge in [-0.3, -0.25) is 0 Å². The van der Waals surface area contributed by atoms with Crippen molar-refractivity contribution in [2.75, 3.05) is 39.6 Å². The topological polar surface area (TPSA) is 27.7 Å². The fraction of sp³-hybridized carbons (Fsp3) is 0.200. The van der Waals surface area contributed by atoms with Crippen molar-refractivity contribution in [3.8, 4) is 22.3 Å². The van der Waals surface area contributed by atoms with Crippen LogP contribution >= 0.6 is 0 Å². The molecule has 0 saturated carbocycles. The van der Waals surface area contributed by atoms with Crippen molar-refractivity contribution >= 4 is 0 Å². The van der Waals surface area contributed by atoms with Gasteiger partial charge in [-0.05, 0) is 57.4 Å². The Labute approximate surface area is 257 Å². The molecule has 0 radical (unpaired) electrons. The van der Waals surface area contributed by atoms with E-state index in [1.54, 1.807) is 12.2 Å². The average molecular weight is 571 g/mol. The molecule has 4 rings (SSSR count). The van der Waals surface area contributed by atoms with Gasteiger partial charge in [0, 0.05) is 0 Å². The molecule has 0 aliphatic rings. The van der Waals surface area contributed by atoms with E-state index in [-0.39, 0.29) is 0 Å². The molecule has 220 valence electrons. The summed E-state index contributed by atoms with van der Waals surface area (Å²) in [6.45, 7) is 10.7. The van der Waals surface area contributed by atoms with Crippen molar-refractivity contribution in [2.45, 2.75) is 12.8 Å². The van der Waals surface area contributed by atoms with Gasteiger partial charge in [-0.25, -0.2) is 0 Å². The molecule has 0 aliphatic carbocycles. The fourth-order valence-electron chi connectivity index (χ4n) is 4.97. The lowest BCUT2D eigenvalue weighted by Crippen LogP contribution is -2.06. The highest BCUT2D eigenvalue weighted by molar-refractivity contribution is 5.68. The van der Waals surface area contributed by atoms with Crippen LogP contribution in [0.15, 0.2) is 158 Å². The van der Waals surface area contributed by atoms with Crippen LogP contribution in [0.3, 0.4) is 0 Å². The predicted octanol–water partition coefficient (Wildman–Crippen LogP) is 9.08. The second-order valence-corrected chi connectivity index (χ2v) is 10.3. The molecule has 43 heavy (non-hydrogen) atoms. The van der Waals surface area contributed by atoms with E-state index in [4.69, 9.17) is 14.2 Å². The molecule has 0 N–H and O–H groups in total. The molecule has 0 heterocycles. The first-order chi connectivity index (χ1) is 21.3. The molecule has 0 bridgehead atoms. The molecule has 0 spiro atoms. The lowest BCUT2D eigenvalue weighted by molar-refractivity contribution is 0.173. The van der Waals surface area contributed by atoms with Crippen LogP contribution in [0.4, 0.5) is 0 Å². The van der Waals surface area contributed by atoms with Crippen molar-refractivity contribution in [2.24, 2.45) is 0 Å². The van der Waals surface area contributed by atoms with Gasteiger partial charge in [0.1, 0.15) is 0 Å². The largest absolute Gasteiger partial charge is 0.373 e. The summed E-state index contributed by atoms with van der Waals surface area (Å²) < 4.78 is 17.8. The van der Waals surface area contributed by atoms with E-state index in [2.05, 4.69) is 122 Å². The molecule has 3 nitrogen and oxygen atoms in total. The maximum Gasteiger partial charge on any atom is 0.0685 e. The normalized spacial score (nSPS) is 11.8. The van der Waals surface area contributed by atoms with Crippen LogP contribution in [-0.2, 0) is 27.1 Å². The standard InChI is InChI=1S/C40H42O3/c1-3-25-42-31-33(29-37-19-11-13-21-39(37)35-15-7-5-8-16-35)23-27-41-28-24-34(32-43-26-4-2)30-38-20-12-14-22-40(38)36-17-9-6-10-18-36/h3-24H,1-2,25-32H2. The summed E-state index contributed by atoms with van der Waals surface area (Å²) in [6, 6.07) is 38.1. The Morgan fingerprint density at radius 3 is 1.28 bits per heavy atom. The van der Waals surface area contributed by atoms with E-state index >= 15 is 0 Å². The average Bonchev–Trinajstić information content (AvgIpc) is 3.06. The lowest BCUT2D eigenvalue weighted by atomic mass is 9.95. The van der Waals surface area contributed by atoms with Crippen LogP contribution in [0.5, 0.6) is 0 Å². The molecule has 0 aromatic heterocycles. The molecule has 0 fully saturated rings. The third-order valence-corrected chi connectivity index (χ3v) is 7.07. The van der Waals surface area contributed by atoms with Gasteiger partial charge in [-0.2, -0.15) is 0 Å². The van der Waals surface area contributed by atoms with Gasteiger partial charge in [-0.15, -0.1) is 13.2 Å². The smallest absolute Gasteiger partial charge is 0.0685 e. The zero-order valence-corrected chi connectivity index (χ0v) is 25.0. The highest BCUT2D eigenvalue weighted by Crippen LogP contribution is 2.27. The number of ether oxygens (including phenoxy) is 3. The summed E-state index contributed by atoms with van der Waals surface area (Å²) in [7, 11) is 0. The first kappa shape index (κ1) is 31.7. The Hall–Kier alpha value is -4.28. The molecule has 0 unspecified atom stereocenters. The summed E-state index contributed by atoms with van der Waals surface area (Å²) in [5.74, 6) is 0. The minimum atomic E-state index is 0.498.